The Hall–Kier alpha value is -1.55. The molecule has 1 fully saturated rings. The lowest BCUT2D eigenvalue weighted by Gasteiger charge is -2.38. The number of rotatable bonds is 3. The summed E-state index contributed by atoms with van der Waals surface area (Å²) in [6.07, 6.45) is 3.69. The van der Waals surface area contributed by atoms with Gasteiger partial charge in [-0.05, 0) is 54.6 Å². The molecule has 0 aliphatic carbocycles. The van der Waals surface area contributed by atoms with Crippen molar-refractivity contribution in [2.45, 2.75) is 44.3 Å². The molecule has 4 rings (SSSR count). The summed E-state index contributed by atoms with van der Waals surface area (Å²) in [6.45, 7) is 1.67. The SMILES string of the molecule is Cl.O=C(CC1CCCN1)N1Cc2cc(Cl)ccc2CC1c1ccccc1. The maximum atomic E-state index is 13.1. The molecule has 2 unspecified atom stereocenters. The number of nitrogens with zero attached hydrogens (tertiary/aromatic N) is 1. The third kappa shape index (κ3) is 4.06. The number of halogens is 2. The minimum Gasteiger partial charge on any atom is -0.331 e. The van der Waals surface area contributed by atoms with Crippen LogP contribution < -0.4 is 5.32 Å². The maximum absolute atomic E-state index is 13.1. The topological polar surface area (TPSA) is 32.3 Å². The van der Waals surface area contributed by atoms with Crippen LogP contribution in [0.15, 0.2) is 48.5 Å². The van der Waals surface area contributed by atoms with Gasteiger partial charge in [0.2, 0.25) is 5.91 Å². The zero-order valence-corrected chi connectivity index (χ0v) is 16.2. The Balaban J connectivity index is 0.00000196. The molecule has 2 aliphatic heterocycles. The summed E-state index contributed by atoms with van der Waals surface area (Å²) in [5.74, 6) is 0.235. The van der Waals surface area contributed by atoms with E-state index >= 15 is 0 Å². The number of nitrogens with one attached hydrogen (secondary N) is 1. The standard InChI is InChI=1S/C21H23ClN2O.ClH/c22-18-9-8-16-12-20(15-5-2-1-3-6-15)24(14-17(16)11-18)21(25)13-19-7-4-10-23-19;/h1-3,5-6,8-9,11,19-20,23H,4,7,10,12-14H2;1H. The van der Waals surface area contributed by atoms with E-state index in [1.807, 2.05) is 35.2 Å². The molecule has 5 heteroatoms. The number of carbonyl (C=O) groups excluding carboxylic acids is 1. The first kappa shape index (κ1) is 19.2. The second-order valence-corrected chi connectivity index (χ2v) is 7.50. The Morgan fingerprint density at radius 2 is 1.96 bits per heavy atom. The first-order valence-corrected chi connectivity index (χ1v) is 9.43. The third-order valence-electron chi connectivity index (χ3n) is 5.39. The molecule has 2 aromatic carbocycles. The Labute approximate surface area is 166 Å². The maximum Gasteiger partial charge on any atom is 0.224 e. The zero-order chi connectivity index (χ0) is 17.2. The fraction of sp³-hybridized carbons (Fsp3) is 0.381. The minimum atomic E-state index is 0. The molecule has 2 aliphatic rings. The van der Waals surface area contributed by atoms with Crippen LogP contribution in [0.1, 0.15) is 42.0 Å². The van der Waals surface area contributed by atoms with Crippen molar-refractivity contribution < 1.29 is 4.79 Å². The number of benzene rings is 2. The molecule has 0 radical (unpaired) electrons. The highest BCUT2D eigenvalue weighted by Gasteiger charge is 2.32. The second-order valence-electron chi connectivity index (χ2n) is 7.06. The number of hydrogen-bond acceptors (Lipinski definition) is 2. The number of amides is 1. The van der Waals surface area contributed by atoms with E-state index in [1.165, 1.54) is 23.1 Å². The van der Waals surface area contributed by atoms with Crippen LogP contribution in [0.4, 0.5) is 0 Å². The molecule has 26 heavy (non-hydrogen) atoms. The van der Waals surface area contributed by atoms with Gasteiger partial charge in [-0.25, -0.2) is 0 Å². The molecule has 0 spiro atoms. The lowest BCUT2D eigenvalue weighted by Crippen LogP contribution is -2.41. The lowest BCUT2D eigenvalue weighted by molar-refractivity contribution is -0.135. The summed E-state index contributed by atoms with van der Waals surface area (Å²) in [7, 11) is 0. The van der Waals surface area contributed by atoms with Gasteiger partial charge in [-0.2, -0.15) is 0 Å². The predicted molar refractivity (Wildman–Crippen MR) is 108 cm³/mol. The van der Waals surface area contributed by atoms with Crippen molar-refractivity contribution in [1.29, 1.82) is 0 Å². The van der Waals surface area contributed by atoms with E-state index in [9.17, 15) is 4.79 Å². The molecule has 0 saturated carbocycles. The molecule has 0 aromatic heterocycles. The van der Waals surface area contributed by atoms with Crippen molar-refractivity contribution in [3.8, 4) is 0 Å². The van der Waals surface area contributed by atoms with Gasteiger partial charge in [0.15, 0.2) is 0 Å². The molecule has 1 saturated heterocycles. The van der Waals surface area contributed by atoms with Gasteiger partial charge >= 0.3 is 0 Å². The first-order valence-electron chi connectivity index (χ1n) is 9.06. The minimum absolute atomic E-state index is 0. The molecular weight excluding hydrogens is 367 g/mol. The molecule has 2 aromatic rings. The quantitative estimate of drug-likeness (QED) is 0.834. The summed E-state index contributed by atoms with van der Waals surface area (Å²) >= 11 is 6.18. The van der Waals surface area contributed by atoms with Crippen molar-refractivity contribution in [2.75, 3.05) is 6.54 Å². The van der Waals surface area contributed by atoms with Gasteiger partial charge in [0.05, 0.1) is 6.04 Å². The van der Waals surface area contributed by atoms with Crippen LogP contribution in [0.3, 0.4) is 0 Å². The molecule has 1 amide bonds. The Morgan fingerprint density at radius 1 is 1.15 bits per heavy atom. The van der Waals surface area contributed by atoms with Crippen LogP contribution in [-0.2, 0) is 17.8 Å². The Morgan fingerprint density at radius 3 is 2.69 bits per heavy atom. The van der Waals surface area contributed by atoms with Gasteiger partial charge < -0.3 is 10.2 Å². The fourth-order valence-electron chi connectivity index (χ4n) is 4.05. The Bertz CT molecular complexity index is 760. The van der Waals surface area contributed by atoms with Crippen LogP contribution in [0.25, 0.3) is 0 Å². The summed E-state index contributed by atoms with van der Waals surface area (Å²) in [5, 5.41) is 4.18. The summed E-state index contributed by atoms with van der Waals surface area (Å²) in [5.41, 5.74) is 3.67. The van der Waals surface area contributed by atoms with Gasteiger partial charge in [0.25, 0.3) is 0 Å². The molecule has 3 nitrogen and oxygen atoms in total. The van der Waals surface area contributed by atoms with E-state index in [2.05, 4.69) is 23.5 Å². The van der Waals surface area contributed by atoms with E-state index in [1.54, 1.807) is 0 Å². The average Bonchev–Trinajstić information content (AvgIpc) is 3.14. The smallest absolute Gasteiger partial charge is 0.224 e. The molecular formula is C21H24Cl2N2O. The molecule has 0 bridgehead atoms. The number of carbonyl (C=O) groups is 1. The normalized spacial score (nSPS) is 21.8. The van der Waals surface area contributed by atoms with Gasteiger partial charge in [-0.1, -0.05) is 48.0 Å². The second kappa shape index (κ2) is 8.43. The van der Waals surface area contributed by atoms with Crippen LogP contribution in [0.5, 0.6) is 0 Å². The van der Waals surface area contributed by atoms with Crippen molar-refractivity contribution in [3.63, 3.8) is 0 Å². The number of hydrogen-bond donors (Lipinski definition) is 1. The van der Waals surface area contributed by atoms with E-state index in [-0.39, 0.29) is 24.4 Å². The van der Waals surface area contributed by atoms with Gasteiger partial charge in [-0.3, -0.25) is 4.79 Å². The lowest BCUT2D eigenvalue weighted by atomic mass is 9.89. The highest BCUT2D eigenvalue weighted by atomic mass is 35.5. The van der Waals surface area contributed by atoms with E-state index in [0.717, 1.165) is 24.4 Å². The zero-order valence-electron chi connectivity index (χ0n) is 14.7. The van der Waals surface area contributed by atoms with E-state index in [0.29, 0.717) is 19.0 Å². The predicted octanol–water partition coefficient (Wildman–Crippen LogP) is 4.53. The fourth-order valence-corrected chi connectivity index (χ4v) is 4.24. The monoisotopic (exact) mass is 390 g/mol. The van der Waals surface area contributed by atoms with Crippen LogP contribution in [-0.4, -0.2) is 23.4 Å². The highest BCUT2D eigenvalue weighted by Crippen LogP contribution is 2.35. The summed E-state index contributed by atoms with van der Waals surface area (Å²) in [4.78, 5) is 15.1. The van der Waals surface area contributed by atoms with Crippen LogP contribution in [0, 0.1) is 0 Å². The molecule has 1 N–H and O–H groups in total. The van der Waals surface area contributed by atoms with Crippen molar-refractivity contribution >= 4 is 29.9 Å². The van der Waals surface area contributed by atoms with E-state index < -0.39 is 0 Å². The summed E-state index contributed by atoms with van der Waals surface area (Å²) < 4.78 is 0. The average molecular weight is 391 g/mol. The molecule has 138 valence electrons. The van der Waals surface area contributed by atoms with Crippen molar-refractivity contribution in [2.24, 2.45) is 0 Å². The van der Waals surface area contributed by atoms with Crippen LogP contribution in [0.2, 0.25) is 5.02 Å². The Kier molecular flexibility index (Phi) is 6.23. The largest absolute Gasteiger partial charge is 0.331 e. The van der Waals surface area contributed by atoms with Gasteiger partial charge in [0.1, 0.15) is 0 Å². The van der Waals surface area contributed by atoms with Crippen LogP contribution >= 0.6 is 24.0 Å². The molecule has 2 atom stereocenters. The van der Waals surface area contributed by atoms with Gasteiger partial charge in [0, 0.05) is 24.0 Å². The van der Waals surface area contributed by atoms with Crippen molar-refractivity contribution in [3.05, 3.63) is 70.2 Å². The number of fused-ring (bicyclic) bond motifs is 1. The highest BCUT2D eigenvalue weighted by molar-refractivity contribution is 6.30. The van der Waals surface area contributed by atoms with Crippen molar-refractivity contribution in [1.82, 2.24) is 10.2 Å². The van der Waals surface area contributed by atoms with Gasteiger partial charge in [-0.15, -0.1) is 12.4 Å². The first-order chi connectivity index (χ1) is 12.2. The third-order valence-corrected chi connectivity index (χ3v) is 5.62. The summed E-state index contributed by atoms with van der Waals surface area (Å²) in [6, 6.07) is 16.9. The molecule has 2 heterocycles. The van der Waals surface area contributed by atoms with E-state index in [4.69, 9.17) is 11.6 Å².